The highest BCUT2D eigenvalue weighted by atomic mass is 79.9. The number of halogens is 1. The van der Waals surface area contributed by atoms with Crippen molar-refractivity contribution in [1.82, 2.24) is 0 Å². The molecule has 0 aliphatic heterocycles. The number of ether oxygens (including phenoxy) is 1. The van der Waals surface area contributed by atoms with Crippen LogP contribution < -0.4 is 0 Å². The van der Waals surface area contributed by atoms with Gasteiger partial charge in [-0.15, -0.1) is 6.58 Å². The molecule has 0 heterocycles. The first kappa shape index (κ1) is 14.2. The van der Waals surface area contributed by atoms with Gasteiger partial charge in [0.15, 0.2) is 0 Å². The minimum atomic E-state index is 0.421. The van der Waals surface area contributed by atoms with Gasteiger partial charge >= 0.3 is 0 Å². The molecule has 0 unspecified atom stereocenters. The molecule has 0 atom stereocenters. The van der Waals surface area contributed by atoms with Crippen LogP contribution >= 0.6 is 15.9 Å². The van der Waals surface area contributed by atoms with Crippen molar-refractivity contribution in [2.24, 2.45) is 5.41 Å². The van der Waals surface area contributed by atoms with E-state index in [4.69, 9.17) is 4.74 Å². The Labute approximate surface area is 109 Å². The lowest BCUT2D eigenvalue weighted by Crippen LogP contribution is -2.28. The predicted octanol–water partition coefficient (Wildman–Crippen LogP) is 4.70. The molecule has 0 aromatic heterocycles. The van der Waals surface area contributed by atoms with E-state index in [0.717, 1.165) is 31.4 Å². The monoisotopic (exact) mass is 288 g/mol. The molecule has 1 saturated carbocycles. The third-order valence-corrected chi connectivity index (χ3v) is 4.74. The fourth-order valence-electron chi connectivity index (χ4n) is 2.41. The summed E-state index contributed by atoms with van der Waals surface area (Å²) in [6.07, 6.45) is 12.4. The van der Waals surface area contributed by atoms with E-state index in [9.17, 15) is 0 Å². The molecule has 0 radical (unpaired) electrons. The van der Waals surface area contributed by atoms with Crippen molar-refractivity contribution in [2.75, 3.05) is 18.5 Å². The summed E-state index contributed by atoms with van der Waals surface area (Å²) in [5.41, 5.74) is 0.421. The first-order valence-electron chi connectivity index (χ1n) is 6.58. The van der Waals surface area contributed by atoms with Crippen molar-refractivity contribution < 1.29 is 4.74 Å². The maximum atomic E-state index is 5.85. The average molecular weight is 289 g/mol. The van der Waals surface area contributed by atoms with E-state index in [1.807, 2.05) is 6.08 Å². The van der Waals surface area contributed by atoms with Gasteiger partial charge in [0.25, 0.3) is 0 Å². The van der Waals surface area contributed by atoms with Crippen LogP contribution in [0.4, 0.5) is 0 Å². The fraction of sp³-hybridized carbons (Fsp3) is 0.857. The highest BCUT2D eigenvalue weighted by Crippen LogP contribution is 2.36. The molecule has 0 saturated heterocycles. The number of unbranched alkanes of at least 4 members (excludes halogenated alkanes) is 1. The van der Waals surface area contributed by atoms with E-state index in [1.165, 1.54) is 38.5 Å². The van der Waals surface area contributed by atoms with E-state index in [0.29, 0.717) is 5.41 Å². The van der Waals surface area contributed by atoms with Gasteiger partial charge in [-0.05, 0) is 25.7 Å². The van der Waals surface area contributed by atoms with Crippen LogP contribution in [0.25, 0.3) is 0 Å². The van der Waals surface area contributed by atoms with Gasteiger partial charge in [0, 0.05) is 17.4 Å². The molecular weight excluding hydrogens is 264 g/mol. The van der Waals surface area contributed by atoms with Crippen LogP contribution in [-0.4, -0.2) is 18.5 Å². The number of allylic oxidation sites excluding steroid dienone is 1. The molecule has 0 aromatic carbocycles. The Kier molecular flexibility index (Phi) is 7.39. The van der Waals surface area contributed by atoms with Crippen molar-refractivity contribution in [3.63, 3.8) is 0 Å². The zero-order valence-electron chi connectivity index (χ0n) is 10.3. The summed E-state index contributed by atoms with van der Waals surface area (Å²) in [4.78, 5) is 0. The molecule has 94 valence electrons. The molecule has 0 N–H and O–H groups in total. The summed E-state index contributed by atoms with van der Waals surface area (Å²) in [7, 11) is 0. The van der Waals surface area contributed by atoms with Crippen LogP contribution in [0.1, 0.15) is 51.4 Å². The average Bonchev–Trinajstić information content (AvgIpc) is 2.55. The van der Waals surface area contributed by atoms with Gasteiger partial charge < -0.3 is 4.74 Å². The van der Waals surface area contributed by atoms with Crippen LogP contribution in [0.15, 0.2) is 12.7 Å². The van der Waals surface area contributed by atoms with E-state index in [-0.39, 0.29) is 0 Å². The SMILES string of the molecule is C=CCCCOCC1(CBr)CCCCCC1. The van der Waals surface area contributed by atoms with Crippen molar-refractivity contribution in [3.8, 4) is 0 Å². The Hall–Kier alpha value is 0.180. The minimum Gasteiger partial charge on any atom is -0.381 e. The first-order chi connectivity index (χ1) is 7.83. The largest absolute Gasteiger partial charge is 0.381 e. The minimum absolute atomic E-state index is 0.421. The van der Waals surface area contributed by atoms with Crippen LogP contribution in [0.2, 0.25) is 0 Å². The van der Waals surface area contributed by atoms with Gasteiger partial charge in [0.2, 0.25) is 0 Å². The number of hydrogen-bond acceptors (Lipinski definition) is 1. The zero-order chi connectivity index (χ0) is 11.7. The highest BCUT2D eigenvalue weighted by molar-refractivity contribution is 9.09. The number of alkyl halides is 1. The summed E-state index contributed by atoms with van der Waals surface area (Å²) in [5.74, 6) is 0. The Morgan fingerprint density at radius 2 is 1.88 bits per heavy atom. The summed E-state index contributed by atoms with van der Waals surface area (Å²) in [5, 5.41) is 1.10. The molecule has 16 heavy (non-hydrogen) atoms. The topological polar surface area (TPSA) is 9.23 Å². The Bertz CT molecular complexity index is 183. The molecule has 1 nitrogen and oxygen atoms in total. The van der Waals surface area contributed by atoms with Gasteiger partial charge in [-0.2, -0.15) is 0 Å². The molecular formula is C14H25BrO. The van der Waals surface area contributed by atoms with Crippen LogP contribution in [-0.2, 0) is 4.74 Å². The smallest absolute Gasteiger partial charge is 0.0530 e. The molecule has 1 aliphatic carbocycles. The van der Waals surface area contributed by atoms with E-state index in [2.05, 4.69) is 22.5 Å². The van der Waals surface area contributed by atoms with Crippen LogP contribution in [0, 0.1) is 5.41 Å². The quantitative estimate of drug-likeness (QED) is 0.285. The van der Waals surface area contributed by atoms with Crippen LogP contribution in [0.5, 0.6) is 0 Å². The van der Waals surface area contributed by atoms with Gasteiger partial charge in [0.05, 0.1) is 6.61 Å². The number of rotatable bonds is 7. The molecule has 1 aliphatic rings. The molecule has 1 fully saturated rings. The van der Waals surface area contributed by atoms with Crippen LogP contribution in [0.3, 0.4) is 0 Å². The molecule has 0 spiro atoms. The molecule has 2 heteroatoms. The third kappa shape index (κ3) is 5.01. The lowest BCUT2D eigenvalue weighted by atomic mass is 9.83. The van der Waals surface area contributed by atoms with E-state index >= 15 is 0 Å². The maximum absolute atomic E-state index is 5.85. The van der Waals surface area contributed by atoms with Crippen molar-refractivity contribution in [3.05, 3.63) is 12.7 Å². The maximum Gasteiger partial charge on any atom is 0.0530 e. The van der Waals surface area contributed by atoms with Crippen molar-refractivity contribution in [1.29, 1.82) is 0 Å². The molecule has 0 aromatic rings. The Morgan fingerprint density at radius 3 is 2.44 bits per heavy atom. The summed E-state index contributed by atoms with van der Waals surface area (Å²) < 4.78 is 5.85. The van der Waals surface area contributed by atoms with E-state index in [1.54, 1.807) is 0 Å². The van der Waals surface area contributed by atoms with Gasteiger partial charge in [-0.25, -0.2) is 0 Å². The van der Waals surface area contributed by atoms with Crippen molar-refractivity contribution in [2.45, 2.75) is 51.4 Å². The predicted molar refractivity (Wildman–Crippen MR) is 74.2 cm³/mol. The van der Waals surface area contributed by atoms with Crippen molar-refractivity contribution >= 4 is 15.9 Å². The second-order valence-electron chi connectivity index (χ2n) is 5.03. The second-order valence-corrected chi connectivity index (χ2v) is 5.59. The Morgan fingerprint density at radius 1 is 1.19 bits per heavy atom. The normalized spacial score (nSPS) is 20.3. The molecule has 0 amide bonds. The summed E-state index contributed by atoms with van der Waals surface area (Å²) in [6, 6.07) is 0. The fourth-order valence-corrected chi connectivity index (χ4v) is 3.14. The van der Waals surface area contributed by atoms with E-state index < -0.39 is 0 Å². The van der Waals surface area contributed by atoms with Gasteiger partial charge in [-0.1, -0.05) is 47.7 Å². The second kappa shape index (κ2) is 8.30. The Balaban J connectivity index is 2.25. The first-order valence-corrected chi connectivity index (χ1v) is 7.70. The zero-order valence-corrected chi connectivity index (χ0v) is 11.9. The standard InChI is InChI=1S/C14H25BrO/c1-2-3-8-11-16-13-14(12-15)9-6-4-5-7-10-14/h2H,1,3-13H2. The van der Waals surface area contributed by atoms with Gasteiger partial charge in [-0.3, -0.25) is 0 Å². The lowest BCUT2D eigenvalue weighted by molar-refractivity contribution is 0.0467. The summed E-state index contributed by atoms with van der Waals surface area (Å²) >= 11 is 3.69. The number of hydrogen-bond donors (Lipinski definition) is 0. The lowest BCUT2D eigenvalue weighted by Gasteiger charge is -2.30. The van der Waals surface area contributed by atoms with Gasteiger partial charge in [0.1, 0.15) is 0 Å². The highest BCUT2D eigenvalue weighted by Gasteiger charge is 2.29. The third-order valence-electron chi connectivity index (χ3n) is 3.55. The summed E-state index contributed by atoms with van der Waals surface area (Å²) in [6.45, 7) is 5.56. The molecule has 1 rings (SSSR count). The molecule has 0 bridgehead atoms.